The fraction of sp³-hybridized carbons (Fsp3) is 0.400. The second-order valence-electron chi connectivity index (χ2n) is 8.03. The lowest BCUT2D eigenvalue weighted by Crippen LogP contribution is -2.19. The molecule has 4 rings (SSSR count). The molecule has 2 atom stereocenters. The molecule has 2 aliphatic rings. The lowest BCUT2D eigenvalue weighted by atomic mass is 9.88. The van der Waals surface area contributed by atoms with Gasteiger partial charge in [-0.3, -0.25) is 4.79 Å². The largest absolute Gasteiger partial charge is 0.371 e. The lowest BCUT2D eigenvalue weighted by Gasteiger charge is -2.20. The molecule has 0 amide bonds. The Morgan fingerprint density at radius 3 is 2.67 bits per heavy atom. The summed E-state index contributed by atoms with van der Waals surface area (Å²) in [5, 5.41) is 0. The van der Waals surface area contributed by atoms with Crippen molar-refractivity contribution in [2.45, 2.75) is 44.9 Å². The maximum absolute atomic E-state index is 13.2. The molecular weight excluding hydrogens is 330 g/mol. The van der Waals surface area contributed by atoms with E-state index in [9.17, 15) is 4.79 Å². The van der Waals surface area contributed by atoms with Gasteiger partial charge in [0.25, 0.3) is 0 Å². The van der Waals surface area contributed by atoms with Crippen LogP contribution in [0.1, 0.15) is 65.6 Å². The quantitative estimate of drug-likeness (QED) is 0.636. The SMILES string of the molecule is C=Cc1ccc2c(c1)CCCC(c1ccc(N3CCC(CC)C3)cc1)C2=O. The molecule has 2 heteroatoms. The predicted molar refractivity (Wildman–Crippen MR) is 114 cm³/mol. The Balaban J connectivity index is 1.56. The van der Waals surface area contributed by atoms with Crippen molar-refractivity contribution in [1.82, 2.24) is 0 Å². The number of benzene rings is 2. The van der Waals surface area contributed by atoms with Crippen molar-refractivity contribution in [3.8, 4) is 0 Å². The normalized spacial score (nSPS) is 22.4. The lowest BCUT2D eigenvalue weighted by molar-refractivity contribution is 0.0957. The summed E-state index contributed by atoms with van der Waals surface area (Å²) in [6.07, 6.45) is 7.37. The van der Waals surface area contributed by atoms with Gasteiger partial charge in [-0.05, 0) is 60.4 Å². The number of hydrogen-bond donors (Lipinski definition) is 0. The number of Topliss-reactive ketones (excluding diaryl/α,β-unsaturated/α-hetero) is 1. The van der Waals surface area contributed by atoms with Crippen molar-refractivity contribution in [1.29, 1.82) is 0 Å². The van der Waals surface area contributed by atoms with E-state index in [-0.39, 0.29) is 11.7 Å². The van der Waals surface area contributed by atoms with Gasteiger partial charge in [-0.15, -0.1) is 0 Å². The second-order valence-corrected chi connectivity index (χ2v) is 8.03. The first kappa shape index (κ1) is 18.0. The Labute approximate surface area is 162 Å². The van der Waals surface area contributed by atoms with Crippen molar-refractivity contribution in [3.05, 3.63) is 71.3 Å². The fourth-order valence-electron chi connectivity index (χ4n) is 4.64. The summed E-state index contributed by atoms with van der Waals surface area (Å²) in [6.45, 7) is 8.45. The van der Waals surface area contributed by atoms with E-state index in [2.05, 4.69) is 48.7 Å². The monoisotopic (exact) mass is 359 g/mol. The van der Waals surface area contributed by atoms with Gasteiger partial charge in [-0.25, -0.2) is 0 Å². The molecule has 2 unspecified atom stereocenters. The summed E-state index contributed by atoms with van der Waals surface area (Å²) in [7, 11) is 0. The number of rotatable bonds is 4. The van der Waals surface area contributed by atoms with Crippen LogP contribution in [0.2, 0.25) is 0 Å². The highest BCUT2D eigenvalue weighted by Crippen LogP contribution is 2.34. The number of fused-ring (bicyclic) bond motifs is 1. The third-order valence-corrected chi connectivity index (χ3v) is 6.41. The topological polar surface area (TPSA) is 20.3 Å². The van der Waals surface area contributed by atoms with Gasteiger partial charge in [0.2, 0.25) is 0 Å². The van der Waals surface area contributed by atoms with Crippen LogP contribution in [0.15, 0.2) is 49.0 Å². The Morgan fingerprint density at radius 1 is 1.15 bits per heavy atom. The van der Waals surface area contributed by atoms with Crippen molar-refractivity contribution >= 4 is 17.5 Å². The van der Waals surface area contributed by atoms with Crippen LogP contribution >= 0.6 is 0 Å². The Bertz CT molecular complexity index is 836. The first-order valence-corrected chi connectivity index (χ1v) is 10.3. The van der Waals surface area contributed by atoms with E-state index in [1.54, 1.807) is 0 Å². The summed E-state index contributed by atoms with van der Waals surface area (Å²) in [5.41, 5.74) is 5.64. The van der Waals surface area contributed by atoms with Gasteiger partial charge in [0.15, 0.2) is 5.78 Å². The fourth-order valence-corrected chi connectivity index (χ4v) is 4.64. The van der Waals surface area contributed by atoms with Crippen molar-refractivity contribution in [2.75, 3.05) is 18.0 Å². The summed E-state index contributed by atoms with van der Waals surface area (Å²) in [6, 6.07) is 14.9. The number of hydrogen-bond acceptors (Lipinski definition) is 2. The van der Waals surface area contributed by atoms with Gasteiger partial charge in [0, 0.05) is 30.3 Å². The smallest absolute Gasteiger partial charge is 0.170 e. The van der Waals surface area contributed by atoms with E-state index in [1.807, 2.05) is 18.2 Å². The highest BCUT2D eigenvalue weighted by atomic mass is 16.1. The number of ketones is 1. The van der Waals surface area contributed by atoms with Gasteiger partial charge in [0.1, 0.15) is 0 Å². The van der Waals surface area contributed by atoms with Crippen LogP contribution in [0.4, 0.5) is 5.69 Å². The third kappa shape index (κ3) is 3.58. The molecule has 1 fully saturated rings. The first-order chi connectivity index (χ1) is 13.2. The van der Waals surface area contributed by atoms with Crippen LogP contribution in [0.25, 0.3) is 6.08 Å². The van der Waals surface area contributed by atoms with Crippen molar-refractivity contribution < 1.29 is 4.79 Å². The molecule has 0 radical (unpaired) electrons. The van der Waals surface area contributed by atoms with Crippen LogP contribution in [0.5, 0.6) is 0 Å². The summed E-state index contributed by atoms with van der Waals surface area (Å²) in [5.74, 6) is 1.08. The molecule has 1 saturated heterocycles. The summed E-state index contributed by atoms with van der Waals surface area (Å²) < 4.78 is 0. The molecule has 0 bridgehead atoms. The molecule has 1 aliphatic carbocycles. The van der Waals surface area contributed by atoms with Gasteiger partial charge >= 0.3 is 0 Å². The minimum absolute atomic E-state index is 0.0168. The Morgan fingerprint density at radius 2 is 1.96 bits per heavy atom. The highest BCUT2D eigenvalue weighted by Gasteiger charge is 2.27. The molecule has 1 heterocycles. The minimum atomic E-state index is -0.0168. The maximum atomic E-state index is 13.2. The van der Waals surface area contributed by atoms with Crippen LogP contribution in [0.3, 0.4) is 0 Å². The van der Waals surface area contributed by atoms with Crippen molar-refractivity contribution in [2.24, 2.45) is 5.92 Å². The molecule has 2 nitrogen and oxygen atoms in total. The zero-order valence-corrected chi connectivity index (χ0v) is 16.3. The van der Waals surface area contributed by atoms with E-state index in [0.717, 1.165) is 55.0 Å². The van der Waals surface area contributed by atoms with Gasteiger partial charge in [-0.1, -0.05) is 56.3 Å². The molecule has 1 aliphatic heterocycles. The molecule has 0 N–H and O–H groups in total. The molecule has 0 saturated carbocycles. The average molecular weight is 360 g/mol. The second kappa shape index (κ2) is 7.72. The number of carbonyl (C=O) groups is 1. The molecule has 2 aromatic rings. The minimum Gasteiger partial charge on any atom is -0.371 e. The van der Waals surface area contributed by atoms with Gasteiger partial charge < -0.3 is 4.90 Å². The highest BCUT2D eigenvalue weighted by molar-refractivity contribution is 6.02. The summed E-state index contributed by atoms with van der Waals surface area (Å²) >= 11 is 0. The van der Waals surface area contributed by atoms with E-state index in [4.69, 9.17) is 0 Å². The van der Waals surface area contributed by atoms with E-state index in [0.29, 0.717) is 0 Å². The van der Waals surface area contributed by atoms with Crippen LogP contribution < -0.4 is 4.90 Å². The Hall–Kier alpha value is -2.35. The van der Waals surface area contributed by atoms with E-state index < -0.39 is 0 Å². The summed E-state index contributed by atoms with van der Waals surface area (Å²) in [4.78, 5) is 15.7. The maximum Gasteiger partial charge on any atom is 0.170 e. The molecular formula is C25H29NO. The zero-order chi connectivity index (χ0) is 18.8. The van der Waals surface area contributed by atoms with Crippen LogP contribution in [-0.2, 0) is 6.42 Å². The molecule has 0 aromatic heterocycles. The predicted octanol–water partition coefficient (Wildman–Crippen LogP) is 5.87. The van der Waals surface area contributed by atoms with Gasteiger partial charge in [0.05, 0.1) is 0 Å². The number of carbonyl (C=O) groups excluding carboxylic acids is 1. The molecule has 27 heavy (non-hydrogen) atoms. The van der Waals surface area contributed by atoms with Crippen LogP contribution in [0, 0.1) is 5.92 Å². The number of nitrogens with zero attached hydrogens (tertiary/aromatic N) is 1. The molecule has 140 valence electrons. The zero-order valence-electron chi connectivity index (χ0n) is 16.3. The van der Waals surface area contributed by atoms with Crippen molar-refractivity contribution in [3.63, 3.8) is 0 Å². The molecule has 0 spiro atoms. The Kier molecular flexibility index (Phi) is 5.15. The average Bonchev–Trinajstić information content (AvgIpc) is 3.14. The number of aryl methyl sites for hydroxylation is 1. The van der Waals surface area contributed by atoms with E-state index in [1.165, 1.54) is 24.1 Å². The number of anilines is 1. The third-order valence-electron chi connectivity index (χ3n) is 6.41. The molecule has 2 aromatic carbocycles. The van der Waals surface area contributed by atoms with Crippen LogP contribution in [-0.4, -0.2) is 18.9 Å². The van der Waals surface area contributed by atoms with E-state index >= 15 is 0 Å². The first-order valence-electron chi connectivity index (χ1n) is 10.3. The standard InChI is InChI=1S/C25H29NO/c1-3-18-8-13-24-21(16-18)6-5-7-23(25(24)27)20-9-11-22(12-10-20)26-15-14-19(4-2)17-26/h3,8-13,16,19,23H,1,4-7,14-15,17H2,2H3. The van der Waals surface area contributed by atoms with Gasteiger partial charge in [-0.2, -0.15) is 0 Å².